The third kappa shape index (κ3) is 2.80. The number of hydrogen-bond donors (Lipinski definition) is 0. The van der Waals surface area contributed by atoms with Crippen LogP contribution in [0.2, 0.25) is 0 Å². The van der Waals surface area contributed by atoms with Crippen molar-refractivity contribution in [3.8, 4) is 5.75 Å². The molecule has 17 heavy (non-hydrogen) atoms. The Morgan fingerprint density at radius 2 is 2.06 bits per heavy atom. The van der Waals surface area contributed by atoms with Crippen LogP contribution in [0.4, 0.5) is 0 Å². The maximum Gasteiger partial charge on any atom is 0.189 e. The smallest absolute Gasteiger partial charge is 0.189 e. The van der Waals surface area contributed by atoms with E-state index >= 15 is 0 Å². The van der Waals surface area contributed by atoms with E-state index in [-0.39, 0.29) is 11.7 Å². The fraction of sp³-hybridized carbons (Fsp3) is 0.538. The number of ether oxygens (including phenoxy) is 1. The minimum Gasteiger partial charge on any atom is -0.477 e. The fourth-order valence-corrected chi connectivity index (χ4v) is 3.31. The highest BCUT2D eigenvalue weighted by atomic mass is 32.2. The summed E-state index contributed by atoms with van der Waals surface area (Å²) in [5.41, 5.74) is 3.04. The predicted molar refractivity (Wildman–Crippen MR) is 67.8 cm³/mol. The molecule has 0 unspecified atom stereocenters. The van der Waals surface area contributed by atoms with Gasteiger partial charge in [-0.25, -0.2) is 8.42 Å². The molecule has 3 nitrogen and oxygen atoms in total. The van der Waals surface area contributed by atoms with E-state index < -0.39 is 9.84 Å². The van der Waals surface area contributed by atoms with Gasteiger partial charge in [-0.2, -0.15) is 0 Å². The maximum absolute atomic E-state index is 11.5. The number of benzene rings is 1. The molecule has 1 aromatic rings. The molecule has 0 saturated heterocycles. The largest absolute Gasteiger partial charge is 0.477 e. The molecule has 0 fully saturated rings. The van der Waals surface area contributed by atoms with Crippen LogP contribution in [-0.4, -0.2) is 14.4 Å². The lowest BCUT2D eigenvalue weighted by atomic mass is 9.97. The third-order valence-corrected chi connectivity index (χ3v) is 4.00. The normalized spacial score (nSPS) is 17.6. The quantitative estimate of drug-likeness (QED) is 0.814. The van der Waals surface area contributed by atoms with Gasteiger partial charge in [-0.3, -0.25) is 0 Å². The number of fused-ring (bicyclic) bond motifs is 1. The van der Waals surface area contributed by atoms with E-state index in [4.69, 9.17) is 4.74 Å². The summed E-state index contributed by atoms with van der Waals surface area (Å²) in [7, 11) is -3.08. The summed E-state index contributed by atoms with van der Waals surface area (Å²) in [6.45, 7) is 6.29. The lowest BCUT2D eigenvalue weighted by molar-refractivity contribution is 0.359. The van der Waals surface area contributed by atoms with Crippen LogP contribution >= 0.6 is 0 Å². The Labute approximate surface area is 103 Å². The van der Waals surface area contributed by atoms with E-state index in [9.17, 15) is 8.42 Å². The highest BCUT2D eigenvalue weighted by molar-refractivity contribution is 7.90. The number of aryl methyl sites for hydroxylation is 1. The molecule has 0 aromatic heterocycles. The number of hydrogen-bond acceptors (Lipinski definition) is 3. The molecule has 0 aliphatic carbocycles. The second-order valence-corrected chi connectivity index (χ2v) is 7.17. The molecular weight excluding hydrogens is 236 g/mol. The molecule has 2 rings (SSSR count). The first-order chi connectivity index (χ1) is 7.87. The molecule has 0 amide bonds. The molecule has 1 aromatic carbocycles. The van der Waals surface area contributed by atoms with Gasteiger partial charge in [0.1, 0.15) is 5.75 Å². The van der Waals surface area contributed by atoms with Gasteiger partial charge in [0.2, 0.25) is 0 Å². The van der Waals surface area contributed by atoms with Crippen molar-refractivity contribution in [3.63, 3.8) is 0 Å². The summed E-state index contributed by atoms with van der Waals surface area (Å²) in [6, 6.07) is 4.01. The van der Waals surface area contributed by atoms with E-state index in [1.54, 1.807) is 0 Å². The van der Waals surface area contributed by atoms with E-state index in [1.807, 2.05) is 13.0 Å². The van der Waals surface area contributed by atoms with Crippen molar-refractivity contribution in [3.05, 3.63) is 28.8 Å². The Hall–Kier alpha value is -1.03. The molecule has 0 atom stereocenters. The summed E-state index contributed by atoms with van der Waals surface area (Å²) >= 11 is 0. The van der Waals surface area contributed by atoms with Crippen LogP contribution in [0.3, 0.4) is 0 Å². The molecule has 0 spiro atoms. The van der Waals surface area contributed by atoms with E-state index in [0.717, 1.165) is 28.9 Å². The Bertz CT molecular complexity index is 530. The Morgan fingerprint density at radius 3 is 2.71 bits per heavy atom. The Kier molecular flexibility index (Phi) is 3.17. The second-order valence-electron chi connectivity index (χ2n) is 5.16. The summed E-state index contributed by atoms with van der Waals surface area (Å²) in [5.74, 6) is 1.24. The molecule has 1 aliphatic heterocycles. The number of sulfone groups is 1. The summed E-state index contributed by atoms with van der Waals surface area (Å²) in [5, 5.41) is 0. The van der Waals surface area contributed by atoms with Gasteiger partial charge in [-0.1, -0.05) is 31.5 Å². The predicted octanol–water partition coefficient (Wildman–Crippen LogP) is 2.46. The van der Waals surface area contributed by atoms with Crippen molar-refractivity contribution >= 4 is 9.84 Å². The van der Waals surface area contributed by atoms with Gasteiger partial charge in [-0.15, -0.1) is 0 Å². The minimum absolute atomic E-state index is 0.106. The van der Waals surface area contributed by atoms with E-state index in [1.165, 1.54) is 0 Å². The van der Waals surface area contributed by atoms with Crippen molar-refractivity contribution < 1.29 is 13.2 Å². The zero-order valence-electron chi connectivity index (χ0n) is 10.5. The van der Waals surface area contributed by atoms with Crippen molar-refractivity contribution in [2.75, 3.05) is 5.94 Å². The molecule has 4 heteroatoms. The van der Waals surface area contributed by atoms with Gasteiger partial charge >= 0.3 is 0 Å². The van der Waals surface area contributed by atoms with Crippen LogP contribution in [0.15, 0.2) is 12.1 Å². The third-order valence-electron chi connectivity index (χ3n) is 2.77. The molecule has 0 radical (unpaired) electrons. The van der Waals surface area contributed by atoms with Crippen molar-refractivity contribution in [2.45, 2.75) is 32.9 Å². The SMILES string of the molecule is Cc1cc(CC(C)C)c2c(c1)CS(=O)(=O)CO2. The molecular formula is C13H18O3S. The van der Waals surface area contributed by atoms with Gasteiger partial charge in [0.05, 0.1) is 5.75 Å². The van der Waals surface area contributed by atoms with Crippen LogP contribution in [0, 0.1) is 12.8 Å². The molecule has 0 bridgehead atoms. The lowest BCUT2D eigenvalue weighted by Gasteiger charge is -2.22. The Morgan fingerprint density at radius 1 is 1.35 bits per heavy atom. The second kappa shape index (κ2) is 4.33. The van der Waals surface area contributed by atoms with Crippen LogP contribution in [-0.2, 0) is 22.0 Å². The average molecular weight is 254 g/mol. The fourth-order valence-electron chi connectivity index (χ4n) is 2.24. The highest BCUT2D eigenvalue weighted by Crippen LogP contribution is 2.33. The molecule has 0 saturated carbocycles. The first-order valence-electron chi connectivity index (χ1n) is 5.83. The Balaban J connectivity index is 2.47. The van der Waals surface area contributed by atoms with Gasteiger partial charge < -0.3 is 4.74 Å². The summed E-state index contributed by atoms with van der Waals surface area (Å²) < 4.78 is 28.5. The monoisotopic (exact) mass is 254 g/mol. The van der Waals surface area contributed by atoms with Gasteiger partial charge in [0.25, 0.3) is 0 Å². The zero-order valence-corrected chi connectivity index (χ0v) is 11.3. The molecule has 94 valence electrons. The minimum atomic E-state index is -3.08. The van der Waals surface area contributed by atoms with Crippen LogP contribution in [0.1, 0.15) is 30.5 Å². The molecule has 1 heterocycles. The average Bonchev–Trinajstić information content (AvgIpc) is 2.13. The van der Waals surface area contributed by atoms with Gasteiger partial charge in [-0.05, 0) is 24.8 Å². The topological polar surface area (TPSA) is 43.4 Å². The van der Waals surface area contributed by atoms with Crippen molar-refractivity contribution in [2.24, 2.45) is 5.92 Å². The van der Waals surface area contributed by atoms with Crippen LogP contribution in [0.25, 0.3) is 0 Å². The maximum atomic E-state index is 11.5. The standard InChI is InChI=1S/C13H18O3S/c1-9(2)4-11-5-10(3)6-12-7-17(14,15)8-16-13(11)12/h5-6,9H,4,7-8H2,1-3H3. The first kappa shape index (κ1) is 12.4. The lowest BCUT2D eigenvalue weighted by Crippen LogP contribution is -2.22. The zero-order chi connectivity index (χ0) is 12.6. The summed E-state index contributed by atoms with van der Waals surface area (Å²) in [4.78, 5) is 0. The van der Waals surface area contributed by atoms with Crippen LogP contribution in [0.5, 0.6) is 5.75 Å². The van der Waals surface area contributed by atoms with Gasteiger partial charge in [0.15, 0.2) is 15.8 Å². The van der Waals surface area contributed by atoms with E-state index in [0.29, 0.717) is 5.92 Å². The summed E-state index contributed by atoms with van der Waals surface area (Å²) in [6.07, 6.45) is 0.921. The molecule has 1 aliphatic rings. The van der Waals surface area contributed by atoms with Crippen molar-refractivity contribution in [1.29, 1.82) is 0 Å². The van der Waals surface area contributed by atoms with Crippen LogP contribution < -0.4 is 4.74 Å². The highest BCUT2D eigenvalue weighted by Gasteiger charge is 2.25. The van der Waals surface area contributed by atoms with Crippen molar-refractivity contribution in [1.82, 2.24) is 0 Å². The van der Waals surface area contributed by atoms with Gasteiger partial charge in [0, 0.05) is 5.56 Å². The first-order valence-corrected chi connectivity index (χ1v) is 7.65. The number of rotatable bonds is 2. The molecule has 0 N–H and O–H groups in total. The van der Waals surface area contributed by atoms with E-state index in [2.05, 4.69) is 19.9 Å².